The van der Waals surface area contributed by atoms with Crippen molar-refractivity contribution in [2.45, 2.75) is 26.4 Å². The maximum Gasteiger partial charge on any atom is 0.412 e. The number of nitrogens with zero attached hydrogens (tertiary/aromatic N) is 3. The van der Waals surface area contributed by atoms with E-state index in [0.717, 1.165) is 0 Å². The van der Waals surface area contributed by atoms with E-state index >= 15 is 0 Å². The first-order valence-electron chi connectivity index (χ1n) is 7.89. The van der Waals surface area contributed by atoms with Crippen molar-refractivity contribution < 1.29 is 19.4 Å². The minimum atomic E-state index is -1.11. The molecule has 26 heavy (non-hydrogen) atoms. The highest BCUT2D eigenvalue weighted by Crippen LogP contribution is 2.24. The SMILES string of the molecule is Cn1cc(NC(=O)OC(C)(C)C)cc1-c1nc2nc(C(=O)O)ccc2[nH]1. The molecule has 0 aliphatic carbocycles. The monoisotopic (exact) mass is 357 g/mol. The van der Waals surface area contributed by atoms with Crippen LogP contribution in [0.5, 0.6) is 0 Å². The maximum atomic E-state index is 11.9. The number of aryl methyl sites for hydroxylation is 1. The first kappa shape index (κ1) is 17.5. The van der Waals surface area contributed by atoms with Crippen LogP contribution in [0.4, 0.5) is 10.5 Å². The lowest BCUT2D eigenvalue weighted by Crippen LogP contribution is -2.27. The van der Waals surface area contributed by atoms with Crippen molar-refractivity contribution in [1.82, 2.24) is 19.5 Å². The van der Waals surface area contributed by atoms with E-state index in [-0.39, 0.29) is 5.69 Å². The summed E-state index contributed by atoms with van der Waals surface area (Å²) < 4.78 is 7.01. The highest BCUT2D eigenvalue weighted by molar-refractivity contribution is 5.89. The Kier molecular flexibility index (Phi) is 4.15. The third kappa shape index (κ3) is 3.66. The fourth-order valence-electron chi connectivity index (χ4n) is 2.42. The Labute approximate surface area is 149 Å². The Balaban J connectivity index is 1.88. The third-order valence-electron chi connectivity index (χ3n) is 3.46. The Hall–Kier alpha value is -3.36. The van der Waals surface area contributed by atoms with Crippen molar-refractivity contribution in [3.63, 3.8) is 0 Å². The van der Waals surface area contributed by atoms with Gasteiger partial charge in [0.2, 0.25) is 0 Å². The summed E-state index contributed by atoms with van der Waals surface area (Å²) >= 11 is 0. The number of rotatable bonds is 3. The number of carbonyl (C=O) groups excluding carboxylic acids is 1. The predicted molar refractivity (Wildman–Crippen MR) is 95.1 cm³/mol. The van der Waals surface area contributed by atoms with E-state index in [1.54, 1.807) is 50.7 Å². The van der Waals surface area contributed by atoms with Gasteiger partial charge in [0.05, 0.1) is 16.9 Å². The lowest BCUT2D eigenvalue weighted by atomic mass is 10.2. The molecule has 0 unspecified atom stereocenters. The second kappa shape index (κ2) is 6.17. The van der Waals surface area contributed by atoms with Crippen molar-refractivity contribution in [2.75, 3.05) is 5.32 Å². The van der Waals surface area contributed by atoms with Crippen LogP contribution in [-0.4, -0.2) is 42.3 Å². The molecule has 0 atom stereocenters. The number of pyridine rings is 1. The number of imidazole rings is 1. The number of aromatic carboxylic acids is 1. The molecule has 3 aromatic rings. The number of nitrogens with one attached hydrogen (secondary N) is 2. The summed E-state index contributed by atoms with van der Waals surface area (Å²) in [6.45, 7) is 5.36. The molecule has 3 aromatic heterocycles. The molecule has 3 N–H and O–H groups in total. The van der Waals surface area contributed by atoms with E-state index in [9.17, 15) is 9.59 Å². The quantitative estimate of drug-likeness (QED) is 0.662. The molecule has 9 nitrogen and oxygen atoms in total. The Morgan fingerprint density at radius 3 is 2.65 bits per heavy atom. The summed E-state index contributed by atoms with van der Waals surface area (Å²) in [7, 11) is 1.80. The van der Waals surface area contributed by atoms with Crippen molar-refractivity contribution >= 4 is 28.9 Å². The summed E-state index contributed by atoms with van der Waals surface area (Å²) in [5, 5.41) is 11.7. The van der Waals surface area contributed by atoms with Gasteiger partial charge in [0, 0.05) is 13.2 Å². The Morgan fingerprint density at radius 1 is 1.27 bits per heavy atom. The Bertz CT molecular complexity index is 996. The van der Waals surface area contributed by atoms with Crippen LogP contribution in [-0.2, 0) is 11.8 Å². The average Bonchev–Trinajstić information content (AvgIpc) is 3.07. The van der Waals surface area contributed by atoms with Crippen LogP contribution in [0.15, 0.2) is 24.4 Å². The number of aromatic nitrogens is 4. The van der Waals surface area contributed by atoms with E-state index < -0.39 is 17.7 Å². The second-order valence-corrected chi connectivity index (χ2v) is 6.81. The van der Waals surface area contributed by atoms with Gasteiger partial charge < -0.3 is 19.4 Å². The third-order valence-corrected chi connectivity index (χ3v) is 3.46. The highest BCUT2D eigenvalue weighted by atomic mass is 16.6. The van der Waals surface area contributed by atoms with E-state index in [2.05, 4.69) is 20.3 Å². The van der Waals surface area contributed by atoms with Crippen LogP contribution in [0.2, 0.25) is 0 Å². The first-order chi connectivity index (χ1) is 12.1. The van der Waals surface area contributed by atoms with E-state index in [1.807, 2.05) is 0 Å². The number of ether oxygens (including phenoxy) is 1. The van der Waals surface area contributed by atoms with Crippen LogP contribution in [0.3, 0.4) is 0 Å². The second-order valence-electron chi connectivity index (χ2n) is 6.81. The summed E-state index contributed by atoms with van der Waals surface area (Å²) in [4.78, 5) is 34.4. The topological polar surface area (TPSA) is 122 Å². The lowest BCUT2D eigenvalue weighted by Gasteiger charge is -2.19. The highest BCUT2D eigenvalue weighted by Gasteiger charge is 2.18. The summed E-state index contributed by atoms with van der Waals surface area (Å²) in [5.41, 5.74) is 1.51. The number of aromatic amines is 1. The van der Waals surface area contributed by atoms with Gasteiger partial charge in [-0.2, -0.15) is 0 Å². The van der Waals surface area contributed by atoms with Gasteiger partial charge in [-0.15, -0.1) is 0 Å². The molecule has 0 aliphatic heterocycles. The van der Waals surface area contributed by atoms with Crippen molar-refractivity contribution in [2.24, 2.45) is 7.05 Å². The van der Waals surface area contributed by atoms with Gasteiger partial charge in [-0.25, -0.2) is 19.6 Å². The van der Waals surface area contributed by atoms with E-state index in [4.69, 9.17) is 9.84 Å². The van der Waals surface area contributed by atoms with Gasteiger partial charge >= 0.3 is 12.1 Å². The normalized spacial score (nSPS) is 11.5. The van der Waals surface area contributed by atoms with Gasteiger partial charge in [0.15, 0.2) is 17.2 Å². The number of hydrogen-bond donors (Lipinski definition) is 3. The number of carboxylic acids is 1. The number of hydrogen-bond acceptors (Lipinski definition) is 5. The molecule has 0 saturated carbocycles. The van der Waals surface area contributed by atoms with Gasteiger partial charge in [0.25, 0.3) is 0 Å². The van der Waals surface area contributed by atoms with Crippen LogP contribution in [0.1, 0.15) is 31.3 Å². The number of carbonyl (C=O) groups is 2. The minimum Gasteiger partial charge on any atom is -0.477 e. The zero-order valence-electron chi connectivity index (χ0n) is 14.8. The number of carboxylic acid groups (broad SMARTS) is 1. The van der Waals surface area contributed by atoms with Crippen molar-refractivity contribution in [3.8, 4) is 11.5 Å². The molecule has 0 fully saturated rings. The molecular weight excluding hydrogens is 338 g/mol. The largest absolute Gasteiger partial charge is 0.477 e. The molecular formula is C17H19N5O4. The zero-order valence-corrected chi connectivity index (χ0v) is 14.8. The van der Waals surface area contributed by atoms with Crippen LogP contribution in [0.25, 0.3) is 22.7 Å². The maximum absolute atomic E-state index is 11.9. The number of H-pyrrole nitrogens is 1. The predicted octanol–water partition coefficient (Wildman–Crippen LogP) is 3.01. The summed E-state index contributed by atoms with van der Waals surface area (Å²) in [5.74, 6) is -0.603. The Morgan fingerprint density at radius 2 is 2.00 bits per heavy atom. The van der Waals surface area contributed by atoms with Crippen molar-refractivity contribution in [1.29, 1.82) is 0 Å². The van der Waals surface area contributed by atoms with Crippen molar-refractivity contribution in [3.05, 3.63) is 30.1 Å². The zero-order chi connectivity index (χ0) is 19.1. The van der Waals surface area contributed by atoms with Gasteiger partial charge in [0.1, 0.15) is 5.60 Å². The molecule has 0 saturated heterocycles. The molecule has 136 valence electrons. The van der Waals surface area contributed by atoms with Crippen LogP contribution in [0, 0.1) is 0 Å². The molecule has 9 heteroatoms. The minimum absolute atomic E-state index is 0.0743. The molecule has 0 spiro atoms. The molecule has 0 aliphatic rings. The first-order valence-corrected chi connectivity index (χ1v) is 7.89. The number of amides is 1. The van der Waals surface area contributed by atoms with Crippen LogP contribution >= 0.6 is 0 Å². The summed E-state index contributed by atoms with van der Waals surface area (Å²) in [6, 6.07) is 4.76. The van der Waals surface area contributed by atoms with E-state index in [1.165, 1.54) is 6.07 Å². The van der Waals surface area contributed by atoms with Gasteiger partial charge in [-0.3, -0.25) is 5.32 Å². The number of anilines is 1. The standard InChI is InChI=1S/C17H19N5O4/c1-17(2,3)26-16(25)18-9-7-12(22(4)8-9)14-19-10-5-6-11(15(23)24)20-13(10)21-14/h5-8H,1-4H3,(H,18,25)(H,23,24)(H,19,20,21). The number of fused-ring (bicyclic) bond motifs is 1. The molecule has 3 rings (SSSR count). The molecule has 0 radical (unpaired) electrons. The van der Waals surface area contributed by atoms with Gasteiger partial charge in [-0.1, -0.05) is 0 Å². The van der Waals surface area contributed by atoms with Gasteiger partial charge in [-0.05, 0) is 39.0 Å². The summed E-state index contributed by atoms with van der Waals surface area (Å²) in [6.07, 6.45) is 1.18. The average molecular weight is 357 g/mol. The molecule has 0 bridgehead atoms. The molecule has 0 aromatic carbocycles. The lowest BCUT2D eigenvalue weighted by molar-refractivity contribution is 0.0634. The van der Waals surface area contributed by atoms with Crippen LogP contribution < -0.4 is 5.32 Å². The fourth-order valence-corrected chi connectivity index (χ4v) is 2.42. The molecule has 3 heterocycles. The van der Waals surface area contributed by atoms with E-state index in [0.29, 0.717) is 28.4 Å². The smallest absolute Gasteiger partial charge is 0.412 e. The fraction of sp³-hybridized carbons (Fsp3) is 0.294. The molecule has 1 amide bonds.